The van der Waals surface area contributed by atoms with Gasteiger partial charge in [-0.2, -0.15) is 0 Å². The second-order valence-electron chi connectivity index (χ2n) is 6.63. The van der Waals surface area contributed by atoms with Gasteiger partial charge in [0, 0.05) is 11.6 Å². The van der Waals surface area contributed by atoms with Crippen LogP contribution >= 0.6 is 0 Å². The van der Waals surface area contributed by atoms with Crippen LogP contribution in [0.3, 0.4) is 0 Å². The Morgan fingerprint density at radius 3 is 3.00 bits per heavy atom. The fraction of sp³-hybridized carbons (Fsp3) is 0.529. The zero-order chi connectivity index (χ0) is 15.1. The van der Waals surface area contributed by atoms with Crippen molar-refractivity contribution in [2.45, 2.75) is 44.6 Å². The van der Waals surface area contributed by atoms with E-state index in [1.807, 2.05) is 18.2 Å². The molecule has 2 unspecified atom stereocenters. The van der Waals surface area contributed by atoms with Gasteiger partial charge in [0.2, 0.25) is 5.91 Å². The third kappa shape index (κ3) is 2.73. The molecule has 1 saturated carbocycles. The smallest absolute Gasteiger partial charge is 0.241 e. The highest BCUT2D eigenvalue weighted by molar-refractivity contribution is 5.96. The standard InChI is InChI=1S/C17H21N3O2/c1-10-6-7-18-14(8-10)16(21)19-12-4-5-15-13(9-12)20-17(22-15)11-2-3-11/h4-5,9-11,14,18H,2-3,6-8H2,1H3,(H,19,21). The number of hydrogen-bond donors (Lipinski definition) is 2. The number of benzene rings is 1. The highest BCUT2D eigenvalue weighted by atomic mass is 16.3. The Kier molecular flexibility index (Phi) is 3.37. The largest absolute Gasteiger partial charge is 0.440 e. The lowest BCUT2D eigenvalue weighted by Crippen LogP contribution is -2.45. The molecule has 0 bridgehead atoms. The van der Waals surface area contributed by atoms with Crippen LogP contribution in [0.1, 0.15) is 44.4 Å². The molecule has 1 aromatic heterocycles. The molecule has 1 aromatic carbocycles. The number of amides is 1. The average molecular weight is 299 g/mol. The third-order valence-corrected chi connectivity index (χ3v) is 4.58. The molecule has 5 nitrogen and oxygen atoms in total. The lowest BCUT2D eigenvalue weighted by molar-refractivity contribution is -0.119. The summed E-state index contributed by atoms with van der Waals surface area (Å²) in [5, 5.41) is 6.28. The molecule has 4 rings (SSSR count). The van der Waals surface area contributed by atoms with Gasteiger partial charge in [-0.3, -0.25) is 4.79 Å². The summed E-state index contributed by atoms with van der Waals surface area (Å²) in [5.74, 6) is 1.97. The number of nitrogens with zero attached hydrogens (tertiary/aromatic N) is 1. The van der Waals surface area contributed by atoms with Gasteiger partial charge in [-0.15, -0.1) is 0 Å². The zero-order valence-corrected chi connectivity index (χ0v) is 12.8. The number of piperidine rings is 1. The van der Waals surface area contributed by atoms with Crippen LogP contribution in [0, 0.1) is 5.92 Å². The summed E-state index contributed by atoms with van der Waals surface area (Å²) >= 11 is 0. The average Bonchev–Trinajstić information content (AvgIpc) is 3.27. The predicted octanol–water partition coefficient (Wildman–Crippen LogP) is 3.03. The van der Waals surface area contributed by atoms with E-state index in [0.29, 0.717) is 11.8 Å². The highest BCUT2D eigenvalue weighted by Crippen LogP contribution is 2.40. The first-order valence-electron chi connectivity index (χ1n) is 8.14. The Labute approximate surface area is 129 Å². The maximum Gasteiger partial charge on any atom is 0.241 e. The molecule has 5 heteroatoms. The van der Waals surface area contributed by atoms with Gasteiger partial charge in [0.1, 0.15) is 5.52 Å². The minimum Gasteiger partial charge on any atom is -0.440 e. The number of fused-ring (bicyclic) bond motifs is 1. The molecule has 2 aliphatic rings. The molecule has 2 aromatic rings. The number of carbonyl (C=O) groups is 1. The number of carbonyl (C=O) groups excluding carboxylic acids is 1. The van der Waals surface area contributed by atoms with E-state index < -0.39 is 0 Å². The zero-order valence-electron chi connectivity index (χ0n) is 12.8. The van der Waals surface area contributed by atoms with Crippen molar-refractivity contribution in [3.8, 4) is 0 Å². The van der Waals surface area contributed by atoms with E-state index in [-0.39, 0.29) is 11.9 Å². The van der Waals surface area contributed by atoms with Crippen molar-refractivity contribution in [1.82, 2.24) is 10.3 Å². The summed E-state index contributed by atoms with van der Waals surface area (Å²) in [7, 11) is 0. The van der Waals surface area contributed by atoms with Crippen LogP contribution in [0.25, 0.3) is 11.1 Å². The molecule has 0 spiro atoms. The second kappa shape index (κ2) is 5.39. The van der Waals surface area contributed by atoms with E-state index in [2.05, 4.69) is 22.5 Å². The molecule has 1 aliphatic carbocycles. The van der Waals surface area contributed by atoms with E-state index in [0.717, 1.165) is 42.1 Å². The third-order valence-electron chi connectivity index (χ3n) is 4.58. The summed E-state index contributed by atoms with van der Waals surface area (Å²) in [6.07, 6.45) is 4.37. The van der Waals surface area contributed by atoms with Gasteiger partial charge >= 0.3 is 0 Å². The van der Waals surface area contributed by atoms with Crippen LogP contribution in [0.4, 0.5) is 5.69 Å². The summed E-state index contributed by atoms with van der Waals surface area (Å²) < 4.78 is 5.75. The van der Waals surface area contributed by atoms with Gasteiger partial charge in [-0.1, -0.05) is 6.92 Å². The van der Waals surface area contributed by atoms with Crippen LogP contribution in [-0.4, -0.2) is 23.5 Å². The summed E-state index contributed by atoms with van der Waals surface area (Å²) in [5.41, 5.74) is 2.40. The SMILES string of the molecule is CC1CCNC(C(=O)Nc2ccc3oc(C4CC4)nc3c2)C1. The van der Waals surface area contributed by atoms with Crippen LogP contribution in [0.2, 0.25) is 0 Å². The minimum absolute atomic E-state index is 0.0387. The van der Waals surface area contributed by atoms with Gasteiger partial charge in [0.15, 0.2) is 11.5 Å². The molecular formula is C17H21N3O2. The van der Waals surface area contributed by atoms with Crippen LogP contribution in [0.5, 0.6) is 0 Å². The molecule has 116 valence electrons. The molecule has 1 amide bonds. The quantitative estimate of drug-likeness (QED) is 0.914. The monoisotopic (exact) mass is 299 g/mol. The molecule has 2 fully saturated rings. The predicted molar refractivity (Wildman–Crippen MR) is 84.8 cm³/mol. The fourth-order valence-corrected chi connectivity index (χ4v) is 3.06. The Morgan fingerprint density at radius 1 is 1.36 bits per heavy atom. The van der Waals surface area contributed by atoms with Crippen molar-refractivity contribution >= 4 is 22.7 Å². The van der Waals surface area contributed by atoms with Crippen molar-refractivity contribution in [3.63, 3.8) is 0 Å². The van der Waals surface area contributed by atoms with Crippen LogP contribution in [0.15, 0.2) is 22.6 Å². The van der Waals surface area contributed by atoms with Crippen molar-refractivity contribution in [3.05, 3.63) is 24.1 Å². The first-order valence-corrected chi connectivity index (χ1v) is 8.14. The Hall–Kier alpha value is -1.88. The van der Waals surface area contributed by atoms with E-state index >= 15 is 0 Å². The first kappa shape index (κ1) is 13.8. The van der Waals surface area contributed by atoms with E-state index in [4.69, 9.17) is 4.42 Å². The van der Waals surface area contributed by atoms with Gasteiger partial charge in [0.25, 0.3) is 0 Å². The van der Waals surface area contributed by atoms with Gasteiger partial charge in [-0.25, -0.2) is 4.98 Å². The maximum atomic E-state index is 12.4. The molecule has 1 saturated heterocycles. The Bertz CT molecular complexity index is 705. The normalized spacial score (nSPS) is 25.3. The number of nitrogens with one attached hydrogen (secondary N) is 2. The lowest BCUT2D eigenvalue weighted by Gasteiger charge is -2.27. The molecule has 2 atom stereocenters. The second-order valence-corrected chi connectivity index (χ2v) is 6.63. The van der Waals surface area contributed by atoms with Crippen molar-refractivity contribution in [1.29, 1.82) is 0 Å². The number of oxazole rings is 1. The summed E-state index contributed by atoms with van der Waals surface area (Å²) in [4.78, 5) is 16.9. The molecular weight excluding hydrogens is 278 g/mol. The van der Waals surface area contributed by atoms with Crippen LogP contribution in [-0.2, 0) is 4.79 Å². The van der Waals surface area contributed by atoms with Crippen LogP contribution < -0.4 is 10.6 Å². The number of anilines is 1. The summed E-state index contributed by atoms with van der Waals surface area (Å²) in [6.45, 7) is 3.11. The minimum atomic E-state index is -0.0984. The van der Waals surface area contributed by atoms with E-state index in [1.165, 1.54) is 12.8 Å². The van der Waals surface area contributed by atoms with Gasteiger partial charge in [-0.05, 0) is 56.3 Å². The number of aromatic nitrogens is 1. The lowest BCUT2D eigenvalue weighted by atomic mass is 9.94. The molecule has 0 radical (unpaired) electrons. The number of hydrogen-bond acceptors (Lipinski definition) is 4. The highest BCUT2D eigenvalue weighted by Gasteiger charge is 2.29. The molecule has 1 aliphatic heterocycles. The van der Waals surface area contributed by atoms with Crippen molar-refractivity contribution < 1.29 is 9.21 Å². The maximum absolute atomic E-state index is 12.4. The Balaban J connectivity index is 1.49. The molecule has 2 heterocycles. The topological polar surface area (TPSA) is 67.2 Å². The van der Waals surface area contributed by atoms with Crippen molar-refractivity contribution in [2.75, 3.05) is 11.9 Å². The van der Waals surface area contributed by atoms with Gasteiger partial charge in [0.05, 0.1) is 6.04 Å². The summed E-state index contributed by atoms with van der Waals surface area (Å²) in [6, 6.07) is 5.57. The molecule has 22 heavy (non-hydrogen) atoms. The van der Waals surface area contributed by atoms with E-state index in [1.54, 1.807) is 0 Å². The fourth-order valence-electron chi connectivity index (χ4n) is 3.06. The number of rotatable bonds is 3. The first-order chi connectivity index (χ1) is 10.7. The Morgan fingerprint density at radius 2 is 2.23 bits per heavy atom. The molecule has 2 N–H and O–H groups in total. The van der Waals surface area contributed by atoms with Crippen molar-refractivity contribution in [2.24, 2.45) is 5.92 Å². The van der Waals surface area contributed by atoms with Gasteiger partial charge < -0.3 is 15.1 Å². The van der Waals surface area contributed by atoms with E-state index in [9.17, 15) is 4.79 Å².